The summed E-state index contributed by atoms with van der Waals surface area (Å²) >= 11 is 0. The molecule has 1 fully saturated rings. The topological polar surface area (TPSA) is 125 Å². The molecule has 10 heteroatoms. The van der Waals surface area contributed by atoms with E-state index in [1.54, 1.807) is 31.2 Å². The molecular formula is C27H39N5O4S. The highest BCUT2D eigenvalue weighted by Crippen LogP contribution is 2.40. The smallest absolute Gasteiger partial charge is 0.281 e. The minimum Gasteiger partial charge on any atom is -0.393 e. The molecule has 0 saturated carbocycles. The van der Waals surface area contributed by atoms with Gasteiger partial charge in [0.15, 0.2) is 5.03 Å². The molecule has 2 aromatic heterocycles. The van der Waals surface area contributed by atoms with Gasteiger partial charge in [-0.2, -0.15) is 8.42 Å². The molecule has 9 nitrogen and oxygen atoms in total. The summed E-state index contributed by atoms with van der Waals surface area (Å²) in [5.41, 5.74) is 0.524. The Kier molecular flexibility index (Phi) is 7.29. The zero-order chi connectivity index (χ0) is 27.2. The number of carbonyl (C=O) groups is 1. The van der Waals surface area contributed by atoms with E-state index < -0.39 is 22.0 Å². The monoisotopic (exact) mass is 529 g/mol. The Hall–Kier alpha value is -2.72. The minimum atomic E-state index is -4.24. The molecule has 2 aromatic rings. The number of fused-ring (bicyclic) bond motifs is 6. The van der Waals surface area contributed by atoms with Crippen LogP contribution in [0.25, 0.3) is 0 Å². The van der Waals surface area contributed by atoms with Gasteiger partial charge in [-0.05, 0) is 76.6 Å². The van der Waals surface area contributed by atoms with Crippen molar-refractivity contribution < 1.29 is 18.3 Å². The molecule has 0 unspecified atom stereocenters. The zero-order valence-electron chi connectivity index (χ0n) is 22.6. The SMILES string of the molecule is C[C@@H](O)C[C@@H]1CC[C@@H]2CN(c3nc(C(C)(C)C)ccc3C(=O)NS(=O)(=O)c3cccc(n3)N1)C(C)(C)C2. The number of rotatable bonds is 2. The van der Waals surface area contributed by atoms with E-state index in [2.05, 4.69) is 54.5 Å². The van der Waals surface area contributed by atoms with Crippen molar-refractivity contribution in [2.75, 3.05) is 16.8 Å². The lowest BCUT2D eigenvalue weighted by Gasteiger charge is -2.34. The molecule has 2 aliphatic heterocycles. The first-order chi connectivity index (χ1) is 17.2. The standard InChI is InChI=1S/C27H39N5O4S/c1-17(33)14-19-11-10-18-15-27(5,6)32(16-18)24-20(12-13-21(29-24)26(2,3)4)25(34)31-37(35,36)23-9-7-8-22(28-19)30-23/h7-9,12-13,17-19,33H,10-11,14-16H2,1-6H3,(H,28,30)(H,31,34)/t17-,18+,19+/m1/s1. The third-order valence-corrected chi connectivity index (χ3v) is 8.46. The van der Waals surface area contributed by atoms with Crippen LogP contribution < -0.4 is 14.9 Å². The summed E-state index contributed by atoms with van der Waals surface area (Å²) in [6.07, 6.45) is 2.59. The Morgan fingerprint density at radius 3 is 2.57 bits per heavy atom. The maximum absolute atomic E-state index is 13.4. The fraction of sp³-hybridized carbons (Fsp3) is 0.593. The van der Waals surface area contributed by atoms with Crippen molar-refractivity contribution in [2.24, 2.45) is 5.92 Å². The highest BCUT2D eigenvalue weighted by molar-refractivity contribution is 7.90. The number of aliphatic hydroxyl groups is 1. The second-order valence-corrected chi connectivity index (χ2v) is 13.7. The molecule has 3 N–H and O–H groups in total. The number of aromatic nitrogens is 2. The average molecular weight is 530 g/mol. The summed E-state index contributed by atoms with van der Waals surface area (Å²) in [7, 11) is -4.24. The van der Waals surface area contributed by atoms with Gasteiger partial charge in [0, 0.05) is 29.2 Å². The predicted molar refractivity (Wildman–Crippen MR) is 144 cm³/mol. The van der Waals surface area contributed by atoms with E-state index in [1.165, 1.54) is 6.07 Å². The number of amides is 1. The molecule has 3 atom stereocenters. The lowest BCUT2D eigenvalue weighted by Crippen LogP contribution is -2.41. The van der Waals surface area contributed by atoms with E-state index in [-0.39, 0.29) is 27.6 Å². The Labute approximate surface area is 220 Å². The lowest BCUT2D eigenvalue weighted by atomic mass is 9.90. The summed E-state index contributed by atoms with van der Waals surface area (Å²) in [6, 6.07) is 8.04. The molecule has 2 aliphatic rings. The van der Waals surface area contributed by atoms with E-state index in [0.29, 0.717) is 30.5 Å². The number of aliphatic hydroxyl groups excluding tert-OH is 1. The summed E-state index contributed by atoms with van der Waals surface area (Å²) in [4.78, 5) is 24.8. The number of sulfonamides is 1. The normalized spacial score (nSPS) is 24.2. The summed E-state index contributed by atoms with van der Waals surface area (Å²) < 4.78 is 28.6. The van der Waals surface area contributed by atoms with Crippen LogP contribution in [0, 0.1) is 5.92 Å². The number of nitrogens with one attached hydrogen (secondary N) is 2. The van der Waals surface area contributed by atoms with Gasteiger partial charge in [-0.25, -0.2) is 14.7 Å². The van der Waals surface area contributed by atoms with Crippen LogP contribution in [0.15, 0.2) is 35.4 Å². The molecular weight excluding hydrogens is 490 g/mol. The highest BCUT2D eigenvalue weighted by Gasteiger charge is 2.41. The molecule has 1 amide bonds. The summed E-state index contributed by atoms with van der Waals surface area (Å²) in [5.74, 6) is 0.505. The van der Waals surface area contributed by atoms with Crippen LogP contribution in [-0.2, 0) is 15.4 Å². The second-order valence-electron chi connectivity index (χ2n) is 12.1. The first-order valence-corrected chi connectivity index (χ1v) is 14.4. The number of nitrogens with zero attached hydrogens (tertiary/aromatic N) is 3. The number of hydrogen-bond acceptors (Lipinski definition) is 8. The molecule has 0 aromatic carbocycles. The Bertz CT molecular complexity index is 1270. The van der Waals surface area contributed by atoms with Gasteiger partial charge in [0.2, 0.25) is 0 Å². The fourth-order valence-electron chi connectivity index (χ4n) is 5.38. The van der Waals surface area contributed by atoms with Gasteiger partial charge in [-0.1, -0.05) is 26.8 Å². The fourth-order valence-corrected chi connectivity index (χ4v) is 6.32. The van der Waals surface area contributed by atoms with E-state index in [9.17, 15) is 18.3 Å². The second kappa shape index (κ2) is 9.87. The van der Waals surface area contributed by atoms with Crippen molar-refractivity contribution in [1.82, 2.24) is 14.7 Å². The van der Waals surface area contributed by atoms with Gasteiger partial charge in [0.1, 0.15) is 11.6 Å². The Morgan fingerprint density at radius 2 is 1.89 bits per heavy atom. The first kappa shape index (κ1) is 27.3. The van der Waals surface area contributed by atoms with Crippen molar-refractivity contribution >= 4 is 27.6 Å². The Morgan fingerprint density at radius 1 is 1.16 bits per heavy atom. The summed E-state index contributed by atoms with van der Waals surface area (Å²) in [5, 5.41) is 13.2. The van der Waals surface area contributed by atoms with Crippen LogP contribution in [-0.4, -0.2) is 53.6 Å². The molecule has 0 radical (unpaired) electrons. The van der Waals surface area contributed by atoms with E-state index in [4.69, 9.17) is 4.98 Å². The average Bonchev–Trinajstić information content (AvgIpc) is 3.09. The number of pyridine rings is 2. The third-order valence-electron chi connectivity index (χ3n) is 7.23. The maximum Gasteiger partial charge on any atom is 0.281 e. The largest absolute Gasteiger partial charge is 0.393 e. The first-order valence-electron chi connectivity index (χ1n) is 12.9. The van der Waals surface area contributed by atoms with Gasteiger partial charge in [0.25, 0.3) is 15.9 Å². The number of hydrogen-bond donors (Lipinski definition) is 3. The van der Waals surface area contributed by atoms with Gasteiger partial charge in [-0.3, -0.25) is 4.79 Å². The van der Waals surface area contributed by atoms with E-state index in [1.807, 2.05) is 0 Å². The van der Waals surface area contributed by atoms with E-state index in [0.717, 1.165) is 25.0 Å². The predicted octanol–water partition coefficient (Wildman–Crippen LogP) is 3.84. The van der Waals surface area contributed by atoms with Crippen molar-refractivity contribution in [3.8, 4) is 0 Å². The van der Waals surface area contributed by atoms with Crippen molar-refractivity contribution in [3.05, 3.63) is 41.6 Å². The van der Waals surface area contributed by atoms with Crippen LogP contribution >= 0.6 is 0 Å². The quantitative estimate of drug-likeness (QED) is 0.536. The van der Waals surface area contributed by atoms with Crippen LogP contribution in [0.4, 0.5) is 11.6 Å². The van der Waals surface area contributed by atoms with Gasteiger partial charge < -0.3 is 15.3 Å². The molecule has 37 heavy (non-hydrogen) atoms. The van der Waals surface area contributed by atoms with Crippen molar-refractivity contribution in [1.29, 1.82) is 0 Å². The molecule has 0 aliphatic carbocycles. The van der Waals surface area contributed by atoms with E-state index >= 15 is 0 Å². The molecule has 4 rings (SSSR count). The third kappa shape index (κ3) is 6.06. The lowest BCUT2D eigenvalue weighted by molar-refractivity contribution is 0.0981. The molecule has 202 valence electrons. The van der Waals surface area contributed by atoms with Crippen molar-refractivity contribution in [2.45, 2.75) is 95.4 Å². The Balaban J connectivity index is 1.83. The van der Waals surface area contributed by atoms with Crippen LogP contribution in [0.2, 0.25) is 0 Å². The summed E-state index contributed by atoms with van der Waals surface area (Å²) in [6.45, 7) is 12.9. The van der Waals surface area contributed by atoms with Gasteiger partial charge in [-0.15, -0.1) is 0 Å². The zero-order valence-corrected chi connectivity index (χ0v) is 23.4. The highest BCUT2D eigenvalue weighted by atomic mass is 32.2. The minimum absolute atomic E-state index is 0.0831. The van der Waals surface area contributed by atoms with Crippen LogP contribution in [0.1, 0.15) is 83.3 Å². The van der Waals surface area contributed by atoms with Crippen molar-refractivity contribution in [3.63, 3.8) is 0 Å². The maximum atomic E-state index is 13.4. The van der Waals surface area contributed by atoms with Crippen LogP contribution in [0.5, 0.6) is 0 Å². The van der Waals surface area contributed by atoms with Gasteiger partial charge >= 0.3 is 0 Å². The molecule has 4 bridgehead atoms. The molecule has 0 spiro atoms. The molecule has 1 saturated heterocycles. The van der Waals surface area contributed by atoms with Crippen LogP contribution in [0.3, 0.4) is 0 Å². The molecule has 4 heterocycles. The number of carbonyl (C=O) groups excluding carboxylic acids is 1. The number of anilines is 2. The van der Waals surface area contributed by atoms with Gasteiger partial charge in [0.05, 0.1) is 11.7 Å².